The van der Waals surface area contributed by atoms with Crippen molar-refractivity contribution in [2.45, 2.75) is 43.4 Å². The molecule has 1 aliphatic heterocycles. The van der Waals surface area contributed by atoms with E-state index in [1.54, 1.807) is 12.1 Å². The molecule has 2 aromatic carbocycles. The molecule has 0 unspecified atom stereocenters. The highest BCUT2D eigenvalue weighted by atomic mass is 32.2. The van der Waals surface area contributed by atoms with Crippen molar-refractivity contribution >= 4 is 15.5 Å². The van der Waals surface area contributed by atoms with Crippen molar-refractivity contribution in [3.63, 3.8) is 0 Å². The zero-order valence-corrected chi connectivity index (χ0v) is 16.2. The number of anilines is 1. The molecule has 3 rings (SSSR count). The number of rotatable bonds is 5. The number of benzene rings is 2. The van der Waals surface area contributed by atoms with E-state index in [9.17, 15) is 17.2 Å². The number of piperidine rings is 1. The Kier molecular flexibility index (Phi) is 5.69. The highest BCUT2D eigenvalue weighted by Gasteiger charge is 2.31. The quantitative estimate of drug-likeness (QED) is 0.755. The van der Waals surface area contributed by atoms with Crippen LogP contribution < -0.4 is 9.64 Å². The molecule has 4 nitrogen and oxygen atoms in total. The second-order valence-electron chi connectivity index (χ2n) is 6.85. The molecule has 0 radical (unpaired) electrons. The molecular weight excluding hydrogens is 372 g/mol. The van der Waals surface area contributed by atoms with Crippen molar-refractivity contribution in [1.82, 2.24) is 0 Å². The molecule has 1 heterocycles. The van der Waals surface area contributed by atoms with Gasteiger partial charge in [-0.2, -0.15) is 8.78 Å². The molecule has 0 saturated carbocycles. The second-order valence-corrected chi connectivity index (χ2v) is 8.73. The van der Waals surface area contributed by atoms with Gasteiger partial charge in [-0.05, 0) is 43.2 Å². The molecule has 27 heavy (non-hydrogen) atoms. The van der Waals surface area contributed by atoms with Gasteiger partial charge >= 0.3 is 5.76 Å². The van der Waals surface area contributed by atoms with E-state index in [2.05, 4.69) is 0 Å². The minimum absolute atomic E-state index is 0.0145. The normalized spacial score (nSPS) is 16.0. The zero-order valence-electron chi connectivity index (χ0n) is 15.4. The predicted octanol–water partition coefficient (Wildman–Crippen LogP) is 4.35. The van der Waals surface area contributed by atoms with E-state index in [1.165, 1.54) is 12.1 Å². The van der Waals surface area contributed by atoms with Crippen molar-refractivity contribution < 1.29 is 21.9 Å². The maximum absolute atomic E-state index is 13.0. The van der Waals surface area contributed by atoms with Gasteiger partial charge in [0.05, 0.1) is 10.6 Å². The third kappa shape index (κ3) is 4.24. The highest BCUT2D eigenvalue weighted by Crippen LogP contribution is 2.32. The molecule has 0 atom stereocenters. The Bertz CT molecular complexity index is 907. The van der Waals surface area contributed by atoms with E-state index >= 15 is 0 Å². The van der Waals surface area contributed by atoms with Gasteiger partial charge in [0, 0.05) is 25.9 Å². The minimum Gasteiger partial charge on any atom is -0.490 e. The molecule has 0 aromatic heterocycles. The van der Waals surface area contributed by atoms with Crippen LogP contribution in [0.1, 0.15) is 24.0 Å². The standard InChI is InChI=1S/C20H23F2NO3S/c1-14-7-8-15(2)18(13-14)26-16-9-11-23(12-10-16)17-5-3-4-6-19(17)27(24,25)20(21)22/h3-8,13,16,20H,9-12H2,1-2H3. The van der Waals surface area contributed by atoms with Crippen LogP contribution in [0, 0.1) is 13.8 Å². The number of alkyl halides is 2. The van der Waals surface area contributed by atoms with E-state index in [1.807, 2.05) is 36.9 Å². The van der Waals surface area contributed by atoms with Crippen LogP contribution in [0.5, 0.6) is 5.75 Å². The van der Waals surface area contributed by atoms with Gasteiger partial charge in [-0.1, -0.05) is 24.3 Å². The Balaban J connectivity index is 1.73. The van der Waals surface area contributed by atoms with Gasteiger partial charge in [0.25, 0.3) is 0 Å². The highest BCUT2D eigenvalue weighted by molar-refractivity contribution is 7.91. The number of sulfone groups is 1. The first-order valence-corrected chi connectivity index (χ1v) is 10.4. The molecule has 1 aliphatic rings. The molecule has 0 bridgehead atoms. The van der Waals surface area contributed by atoms with Gasteiger partial charge in [0.15, 0.2) is 0 Å². The topological polar surface area (TPSA) is 46.6 Å². The molecular formula is C20H23F2NO3S. The summed E-state index contributed by atoms with van der Waals surface area (Å²) < 4.78 is 56.0. The van der Waals surface area contributed by atoms with Gasteiger partial charge in [0.1, 0.15) is 11.9 Å². The van der Waals surface area contributed by atoms with Gasteiger partial charge in [-0.25, -0.2) is 8.42 Å². The van der Waals surface area contributed by atoms with E-state index < -0.39 is 15.6 Å². The Hall–Kier alpha value is -2.15. The fraction of sp³-hybridized carbons (Fsp3) is 0.400. The average molecular weight is 395 g/mol. The maximum atomic E-state index is 13.0. The van der Waals surface area contributed by atoms with Gasteiger partial charge in [-0.3, -0.25) is 0 Å². The fourth-order valence-corrected chi connectivity index (χ4v) is 4.23. The lowest BCUT2D eigenvalue weighted by Crippen LogP contribution is -2.39. The van der Waals surface area contributed by atoms with Crippen LogP contribution in [-0.4, -0.2) is 33.4 Å². The Morgan fingerprint density at radius 2 is 1.74 bits per heavy atom. The molecule has 0 aliphatic carbocycles. The lowest BCUT2D eigenvalue weighted by Gasteiger charge is -2.34. The van der Waals surface area contributed by atoms with Gasteiger partial charge in [-0.15, -0.1) is 0 Å². The van der Waals surface area contributed by atoms with E-state index in [0.29, 0.717) is 31.6 Å². The summed E-state index contributed by atoms with van der Waals surface area (Å²) in [5.41, 5.74) is 2.53. The average Bonchev–Trinajstić information content (AvgIpc) is 2.65. The fourth-order valence-electron chi connectivity index (χ4n) is 3.28. The summed E-state index contributed by atoms with van der Waals surface area (Å²) in [7, 11) is -4.64. The molecule has 146 valence electrons. The zero-order chi connectivity index (χ0) is 19.6. The summed E-state index contributed by atoms with van der Waals surface area (Å²) in [6, 6.07) is 12.0. The molecule has 0 spiro atoms. The minimum atomic E-state index is -4.64. The van der Waals surface area contributed by atoms with E-state index in [-0.39, 0.29) is 11.0 Å². The number of hydrogen-bond acceptors (Lipinski definition) is 4. The van der Waals surface area contributed by atoms with Crippen LogP contribution in [0.25, 0.3) is 0 Å². The lowest BCUT2D eigenvalue weighted by atomic mass is 10.1. The van der Waals surface area contributed by atoms with Gasteiger partial charge < -0.3 is 9.64 Å². The van der Waals surface area contributed by atoms with Crippen LogP contribution in [0.4, 0.5) is 14.5 Å². The molecule has 7 heteroatoms. The van der Waals surface area contributed by atoms with Crippen LogP contribution in [-0.2, 0) is 9.84 Å². The summed E-state index contributed by atoms with van der Waals surface area (Å²) in [6.45, 7) is 5.10. The lowest BCUT2D eigenvalue weighted by molar-refractivity contribution is 0.169. The largest absolute Gasteiger partial charge is 0.490 e. The first kappa shape index (κ1) is 19.6. The summed E-state index contributed by atoms with van der Waals surface area (Å²) in [4.78, 5) is 1.53. The van der Waals surface area contributed by atoms with Crippen LogP contribution in [0.15, 0.2) is 47.4 Å². The molecule has 2 aromatic rings. The number of para-hydroxylation sites is 1. The first-order valence-electron chi connectivity index (χ1n) is 8.89. The van der Waals surface area contributed by atoms with Crippen molar-refractivity contribution in [3.8, 4) is 5.75 Å². The maximum Gasteiger partial charge on any atom is 0.341 e. The molecule has 1 fully saturated rings. The smallest absolute Gasteiger partial charge is 0.341 e. The van der Waals surface area contributed by atoms with Crippen LogP contribution >= 0.6 is 0 Å². The molecule has 1 saturated heterocycles. The number of hydrogen-bond donors (Lipinski definition) is 0. The van der Waals surface area contributed by atoms with Crippen molar-refractivity contribution in [2.75, 3.05) is 18.0 Å². The summed E-state index contributed by atoms with van der Waals surface area (Å²) in [5, 5.41) is 0. The van der Waals surface area contributed by atoms with Crippen LogP contribution in [0.2, 0.25) is 0 Å². The first-order chi connectivity index (χ1) is 12.8. The monoisotopic (exact) mass is 395 g/mol. The van der Waals surface area contributed by atoms with E-state index in [4.69, 9.17) is 4.74 Å². The predicted molar refractivity (Wildman–Crippen MR) is 101 cm³/mol. The summed E-state index contributed by atoms with van der Waals surface area (Å²) >= 11 is 0. The summed E-state index contributed by atoms with van der Waals surface area (Å²) in [6.07, 6.45) is 1.40. The third-order valence-corrected chi connectivity index (χ3v) is 6.25. The number of halogens is 2. The molecule has 0 N–H and O–H groups in total. The van der Waals surface area contributed by atoms with Crippen molar-refractivity contribution in [1.29, 1.82) is 0 Å². The Labute approximate surface area is 158 Å². The van der Waals surface area contributed by atoms with Gasteiger partial charge in [0.2, 0.25) is 9.84 Å². The SMILES string of the molecule is Cc1ccc(C)c(OC2CCN(c3ccccc3S(=O)(=O)C(F)F)CC2)c1. The number of nitrogens with zero attached hydrogens (tertiary/aromatic N) is 1. The van der Waals surface area contributed by atoms with Crippen molar-refractivity contribution in [2.24, 2.45) is 0 Å². The second kappa shape index (κ2) is 7.84. The van der Waals surface area contributed by atoms with Crippen LogP contribution in [0.3, 0.4) is 0 Å². The number of ether oxygens (including phenoxy) is 1. The third-order valence-electron chi connectivity index (χ3n) is 4.83. The summed E-state index contributed by atoms with van der Waals surface area (Å²) in [5.74, 6) is -2.57. The van der Waals surface area contributed by atoms with Crippen molar-refractivity contribution in [3.05, 3.63) is 53.6 Å². The molecule has 0 amide bonds. The van der Waals surface area contributed by atoms with E-state index in [0.717, 1.165) is 16.9 Å². The number of aryl methyl sites for hydroxylation is 2. The Morgan fingerprint density at radius 1 is 1.07 bits per heavy atom. The Morgan fingerprint density at radius 3 is 2.41 bits per heavy atom.